The normalized spacial score (nSPS) is 16.7. The molecule has 0 bridgehead atoms. The van der Waals surface area contributed by atoms with Gasteiger partial charge in [-0.2, -0.15) is 0 Å². The highest BCUT2D eigenvalue weighted by atomic mass is 14.9. The molecule has 0 aromatic heterocycles. The van der Waals surface area contributed by atoms with E-state index < -0.39 is 0 Å². The van der Waals surface area contributed by atoms with E-state index in [9.17, 15) is 0 Å². The lowest BCUT2D eigenvalue weighted by molar-refractivity contribution is 0.419. The van der Waals surface area contributed by atoms with E-state index in [0.717, 1.165) is 5.92 Å². The van der Waals surface area contributed by atoms with Crippen LogP contribution in [-0.2, 0) is 0 Å². The van der Waals surface area contributed by atoms with Crippen molar-refractivity contribution in [2.45, 2.75) is 38.1 Å². The van der Waals surface area contributed by atoms with Gasteiger partial charge in [0.05, 0.1) is 6.04 Å². The van der Waals surface area contributed by atoms with Crippen LogP contribution in [0, 0.1) is 6.92 Å². The second-order valence-corrected chi connectivity index (χ2v) is 5.88. The van der Waals surface area contributed by atoms with E-state index in [-0.39, 0.29) is 6.04 Å². The van der Waals surface area contributed by atoms with Crippen molar-refractivity contribution in [2.75, 3.05) is 7.05 Å². The minimum atomic E-state index is 0.288. The molecule has 0 aliphatic heterocycles. The molecule has 2 aromatic rings. The van der Waals surface area contributed by atoms with Gasteiger partial charge in [-0.25, -0.2) is 0 Å². The second kappa shape index (κ2) is 5.80. The fourth-order valence-corrected chi connectivity index (χ4v) is 3.15. The summed E-state index contributed by atoms with van der Waals surface area (Å²) in [4.78, 5) is 0. The van der Waals surface area contributed by atoms with Crippen molar-refractivity contribution in [3.05, 3.63) is 70.8 Å². The summed E-state index contributed by atoms with van der Waals surface area (Å²) < 4.78 is 0. The van der Waals surface area contributed by atoms with Gasteiger partial charge < -0.3 is 5.32 Å². The molecule has 3 rings (SSSR count). The molecular formula is C19H23N. The van der Waals surface area contributed by atoms with Crippen LogP contribution < -0.4 is 5.32 Å². The standard InChI is InChI=1S/C19H23N/c1-14-7-3-4-12-18(14)19(20-2)17-11-6-10-16(13-17)15-8-5-9-15/h3-4,6-7,10-13,15,19-20H,5,8-9H2,1-2H3. The maximum absolute atomic E-state index is 3.48. The van der Waals surface area contributed by atoms with Gasteiger partial charge in [-0.1, -0.05) is 55.0 Å². The largest absolute Gasteiger partial charge is 0.309 e. The molecule has 1 N–H and O–H groups in total. The second-order valence-electron chi connectivity index (χ2n) is 5.88. The predicted octanol–water partition coefficient (Wildman–Crippen LogP) is 4.57. The topological polar surface area (TPSA) is 12.0 Å². The van der Waals surface area contributed by atoms with Crippen molar-refractivity contribution in [1.29, 1.82) is 0 Å². The smallest absolute Gasteiger partial charge is 0.0576 e. The molecule has 0 amide bonds. The van der Waals surface area contributed by atoms with Gasteiger partial charge in [0, 0.05) is 0 Å². The van der Waals surface area contributed by atoms with E-state index in [2.05, 4.69) is 60.8 Å². The number of nitrogens with one attached hydrogen (secondary N) is 1. The molecule has 0 saturated heterocycles. The van der Waals surface area contributed by atoms with Crippen LogP contribution >= 0.6 is 0 Å². The van der Waals surface area contributed by atoms with Crippen molar-refractivity contribution < 1.29 is 0 Å². The van der Waals surface area contributed by atoms with Crippen LogP contribution in [0.1, 0.15) is 53.5 Å². The molecule has 0 radical (unpaired) electrons. The minimum Gasteiger partial charge on any atom is -0.309 e. The maximum atomic E-state index is 3.48. The maximum Gasteiger partial charge on any atom is 0.0576 e. The number of benzene rings is 2. The van der Waals surface area contributed by atoms with Gasteiger partial charge in [0.1, 0.15) is 0 Å². The molecule has 1 atom stereocenters. The Bertz CT molecular complexity index is 584. The fraction of sp³-hybridized carbons (Fsp3) is 0.368. The van der Waals surface area contributed by atoms with Crippen LogP contribution in [0.25, 0.3) is 0 Å². The molecule has 1 unspecified atom stereocenters. The number of hydrogen-bond acceptors (Lipinski definition) is 1. The summed E-state index contributed by atoms with van der Waals surface area (Å²) in [7, 11) is 2.05. The highest BCUT2D eigenvalue weighted by molar-refractivity contribution is 5.39. The Morgan fingerprint density at radius 2 is 1.85 bits per heavy atom. The molecule has 1 heteroatoms. The zero-order chi connectivity index (χ0) is 13.9. The van der Waals surface area contributed by atoms with Crippen LogP contribution in [0.2, 0.25) is 0 Å². The number of rotatable bonds is 4. The van der Waals surface area contributed by atoms with Crippen LogP contribution in [0.3, 0.4) is 0 Å². The molecule has 104 valence electrons. The van der Waals surface area contributed by atoms with E-state index in [4.69, 9.17) is 0 Å². The average molecular weight is 265 g/mol. The van der Waals surface area contributed by atoms with Crippen molar-refractivity contribution in [3.63, 3.8) is 0 Å². The first-order valence-electron chi connectivity index (χ1n) is 7.62. The molecule has 1 fully saturated rings. The summed E-state index contributed by atoms with van der Waals surface area (Å²) in [6.45, 7) is 2.19. The minimum absolute atomic E-state index is 0.288. The molecule has 20 heavy (non-hydrogen) atoms. The third kappa shape index (κ3) is 2.51. The Morgan fingerprint density at radius 1 is 1.05 bits per heavy atom. The van der Waals surface area contributed by atoms with E-state index >= 15 is 0 Å². The summed E-state index contributed by atoms with van der Waals surface area (Å²) in [5.74, 6) is 0.796. The molecular weight excluding hydrogens is 242 g/mol. The van der Waals surface area contributed by atoms with Gasteiger partial charge in [0.2, 0.25) is 0 Å². The van der Waals surface area contributed by atoms with Crippen LogP contribution in [0.5, 0.6) is 0 Å². The van der Waals surface area contributed by atoms with Gasteiger partial charge in [0.25, 0.3) is 0 Å². The predicted molar refractivity (Wildman–Crippen MR) is 85.1 cm³/mol. The Morgan fingerprint density at radius 3 is 2.50 bits per heavy atom. The zero-order valence-corrected chi connectivity index (χ0v) is 12.4. The van der Waals surface area contributed by atoms with Crippen LogP contribution in [0.15, 0.2) is 48.5 Å². The van der Waals surface area contributed by atoms with Gasteiger partial charge >= 0.3 is 0 Å². The summed E-state index contributed by atoms with van der Waals surface area (Å²) in [5, 5.41) is 3.48. The van der Waals surface area contributed by atoms with Crippen molar-refractivity contribution in [1.82, 2.24) is 5.32 Å². The van der Waals surface area contributed by atoms with Gasteiger partial charge in [-0.3, -0.25) is 0 Å². The molecule has 1 aliphatic rings. The van der Waals surface area contributed by atoms with Crippen molar-refractivity contribution in [2.24, 2.45) is 0 Å². The van der Waals surface area contributed by atoms with Crippen LogP contribution in [0.4, 0.5) is 0 Å². The lowest BCUT2D eigenvalue weighted by Gasteiger charge is -2.27. The van der Waals surface area contributed by atoms with Gasteiger partial charge in [-0.05, 0) is 55.0 Å². The average Bonchev–Trinajstić information content (AvgIpc) is 2.40. The third-order valence-corrected chi connectivity index (χ3v) is 4.61. The molecule has 0 spiro atoms. The summed E-state index contributed by atoms with van der Waals surface area (Å²) in [5.41, 5.74) is 5.62. The molecule has 2 aromatic carbocycles. The molecule has 0 heterocycles. The number of hydrogen-bond donors (Lipinski definition) is 1. The summed E-state index contributed by atoms with van der Waals surface area (Å²) >= 11 is 0. The SMILES string of the molecule is CNC(c1cccc(C2CCC2)c1)c1ccccc1C. The molecule has 1 nitrogen and oxygen atoms in total. The Labute approximate surface area is 122 Å². The highest BCUT2D eigenvalue weighted by Crippen LogP contribution is 2.37. The Kier molecular flexibility index (Phi) is 3.88. The Hall–Kier alpha value is -1.60. The zero-order valence-electron chi connectivity index (χ0n) is 12.4. The first-order chi connectivity index (χ1) is 9.79. The summed E-state index contributed by atoms with van der Waals surface area (Å²) in [6.07, 6.45) is 4.11. The fourth-order valence-electron chi connectivity index (χ4n) is 3.15. The highest BCUT2D eigenvalue weighted by Gasteiger charge is 2.21. The van der Waals surface area contributed by atoms with E-state index in [1.807, 2.05) is 7.05 Å². The lowest BCUT2D eigenvalue weighted by atomic mass is 9.79. The van der Waals surface area contributed by atoms with E-state index in [1.54, 1.807) is 0 Å². The van der Waals surface area contributed by atoms with Gasteiger partial charge in [-0.15, -0.1) is 0 Å². The molecule has 1 aliphatic carbocycles. The van der Waals surface area contributed by atoms with E-state index in [1.165, 1.54) is 41.5 Å². The Balaban J connectivity index is 1.95. The van der Waals surface area contributed by atoms with Crippen molar-refractivity contribution in [3.8, 4) is 0 Å². The lowest BCUT2D eigenvalue weighted by Crippen LogP contribution is -2.19. The monoisotopic (exact) mass is 265 g/mol. The third-order valence-electron chi connectivity index (χ3n) is 4.61. The quantitative estimate of drug-likeness (QED) is 0.853. The van der Waals surface area contributed by atoms with E-state index in [0.29, 0.717) is 0 Å². The van der Waals surface area contributed by atoms with Gasteiger partial charge in [0.15, 0.2) is 0 Å². The first-order valence-corrected chi connectivity index (χ1v) is 7.62. The number of aryl methyl sites for hydroxylation is 1. The molecule has 1 saturated carbocycles. The first kappa shape index (κ1) is 13.4. The summed E-state index contributed by atoms with van der Waals surface area (Å²) in [6, 6.07) is 18.1. The van der Waals surface area contributed by atoms with Crippen LogP contribution in [-0.4, -0.2) is 7.05 Å². The van der Waals surface area contributed by atoms with Crippen molar-refractivity contribution >= 4 is 0 Å².